The number of amides is 1. The molecule has 2 aromatic carbocycles. The van der Waals surface area contributed by atoms with Gasteiger partial charge in [0.15, 0.2) is 0 Å². The van der Waals surface area contributed by atoms with E-state index in [1.54, 1.807) is 22.8 Å². The van der Waals surface area contributed by atoms with Gasteiger partial charge in [-0.1, -0.05) is 36.4 Å². The molecule has 1 aliphatic heterocycles. The van der Waals surface area contributed by atoms with Gasteiger partial charge in [-0.3, -0.25) is 18.9 Å². The summed E-state index contributed by atoms with van der Waals surface area (Å²) in [5, 5.41) is 0. The summed E-state index contributed by atoms with van der Waals surface area (Å²) >= 11 is 0. The molecule has 0 radical (unpaired) electrons. The van der Waals surface area contributed by atoms with Crippen LogP contribution in [0.5, 0.6) is 0 Å². The topological polar surface area (TPSA) is 105 Å². The van der Waals surface area contributed by atoms with Crippen LogP contribution in [0.1, 0.15) is 25.0 Å². The van der Waals surface area contributed by atoms with Crippen molar-refractivity contribution in [3.05, 3.63) is 70.6 Å². The van der Waals surface area contributed by atoms with Crippen LogP contribution in [0.2, 0.25) is 0 Å². The Balaban J connectivity index is 1.34. The number of anilines is 1. The zero-order valence-electron chi connectivity index (χ0n) is 21.9. The Hall–Kier alpha value is -3.50. The molecule has 2 fully saturated rings. The fraction of sp³-hybridized carbons (Fsp3) is 0.393. The van der Waals surface area contributed by atoms with Crippen molar-refractivity contribution in [2.75, 3.05) is 31.9 Å². The SMILES string of the molecule is Cc1cc(=O)n(C[C@@H]2CCN(C(=O)C3CC3)C2)c(-c2ccc(-c3ccc(NS(=O)(=O)N(C)C)cc3)cc2)n1. The van der Waals surface area contributed by atoms with E-state index < -0.39 is 10.2 Å². The molecule has 5 rings (SSSR count). The van der Waals surface area contributed by atoms with Crippen molar-refractivity contribution in [3.63, 3.8) is 0 Å². The second-order valence-corrected chi connectivity index (χ2v) is 12.3. The number of nitrogens with zero attached hydrogens (tertiary/aromatic N) is 4. The van der Waals surface area contributed by atoms with E-state index in [1.807, 2.05) is 48.2 Å². The number of aromatic nitrogens is 2. The van der Waals surface area contributed by atoms with Crippen molar-refractivity contribution in [1.82, 2.24) is 18.8 Å². The van der Waals surface area contributed by atoms with Gasteiger partial charge in [-0.15, -0.1) is 0 Å². The summed E-state index contributed by atoms with van der Waals surface area (Å²) in [5.74, 6) is 1.33. The summed E-state index contributed by atoms with van der Waals surface area (Å²) in [4.78, 5) is 32.2. The highest BCUT2D eigenvalue weighted by atomic mass is 32.2. The van der Waals surface area contributed by atoms with E-state index in [0.29, 0.717) is 30.3 Å². The largest absolute Gasteiger partial charge is 0.342 e. The summed E-state index contributed by atoms with van der Waals surface area (Å²) in [6.45, 7) is 3.80. The van der Waals surface area contributed by atoms with Gasteiger partial charge in [-0.05, 0) is 55.4 Å². The first-order valence-electron chi connectivity index (χ1n) is 12.9. The van der Waals surface area contributed by atoms with Crippen molar-refractivity contribution >= 4 is 21.8 Å². The Kier molecular flexibility index (Phi) is 7.11. The maximum Gasteiger partial charge on any atom is 0.301 e. The Morgan fingerprint density at radius 3 is 2.21 bits per heavy atom. The normalized spacial score (nSPS) is 17.7. The first-order valence-corrected chi connectivity index (χ1v) is 14.3. The number of rotatable bonds is 8. The average Bonchev–Trinajstić information content (AvgIpc) is 3.63. The molecule has 2 aliphatic rings. The lowest BCUT2D eigenvalue weighted by Crippen LogP contribution is -2.32. The molecule has 0 spiro atoms. The Labute approximate surface area is 223 Å². The molecular formula is C28H33N5O4S. The molecule has 1 saturated heterocycles. The van der Waals surface area contributed by atoms with E-state index in [9.17, 15) is 18.0 Å². The Morgan fingerprint density at radius 2 is 1.61 bits per heavy atom. The van der Waals surface area contributed by atoms with Gasteiger partial charge >= 0.3 is 10.2 Å². The lowest BCUT2D eigenvalue weighted by Gasteiger charge is -2.19. The third kappa shape index (κ3) is 5.66. The first-order chi connectivity index (χ1) is 18.1. The van der Waals surface area contributed by atoms with Gasteiger partial charge in [0.05, 0.1) is 0 Å². The van der Waals surface area contributed by atoms with Gasteiger partial charge < -0.3 is 4.90 Å². The molecule has 3 aromatic rings. The predicted molar refractivity (Wildman–Crippen MR) is 148 cm³/mol. The zero-order valence-corrected chi connectivity index (χ0v) is 22.7. The van der Waals surface area contributed by atoms with Gasteiger partial charge in [-0.2, -0.15) is 12.7 Å². The zero-order chi connectivity index (χ0) is 27.0. The van der Waals surface area contributed by atoms with Crippen LogP contribution in [0.15, 0.2) is 59.4 Å². The number of nitrogens with one attached hydrogen (secondary N) is 1. The molecule has 2 heterocycles. The van der Waals surface area contributed by atoms with Crippen molar-refractivity contribution < 1.29 is 13.2 Å². The third-order valence-corrected chi connectivity index (χ3v) is 8.65. The fourth-order valence-electron chi connectivity index (χ4n) is 4.83. The predicted octanol–water partition coefficient (Wildman–Crippen LogP) is 3.36. The molecule has 10 heteroatoms. The monoisotopic (exact) mass is 535 g/mol. The lowest BCUT2D eigenvalue weighted by molar-refractivity contribution is -0.131. The molecule has 1 N–H and O–H groups in total. The van der Waals surface area contributed by atoms with Gasteiger partial charge in [-0.25, -0.2) is 4.98 Å². The second kappa shape index (κ2) is 10.3. The number of hydrogen-bond acceptors (Lipinski definition) is 5. The van der Waals surface area contributed by atoms with Gasteiger partial charge in [0.25, 0.3) is 5.56 Å². The minimum absolute atomic E-state index is 0.0840. The Bertz CT molecular complexity index is 1490. The maximum absolute atomic E-state index is 13.0. The van der Waals surface area contributed by atoms with Crippen molar-refractivity contribution in [3.8, 4) is 22.5 Å². The molecule has 0 bridgehead atoms. The van der Waals surface area contributed by atoms with E-state index >= 15 is 0 Å². The van der Waals surface area contributed by atoms with Gasteiger partial charge in [0, 0.05) is 62.7 Å². The van der Waals surface area contributed by atoms with Crippen LogP contribution < -0.4 is 10.3 Å². The summed E-state index contributed by atoms with van der Waals surface area (Å²) in [7, 11) is -0.621. The minimum atomic E-state index is -3.56. The van der Waals surface area contributed by atoms with Gasteiger partial charge in [0.2, 0.25) is 5.91 Å². The number of carbonyl (C=O) groups excluding carboxylic acids is 1. The maximum atomic E-state index is 13.0. The van der Waals surface area contributed by atoms with Crippen LogP contribution in [0.4, 0.5) is 5.69 Å². The lowest BCUT2D eigenvalue weighted by atomic mass is 10.0. The smallest absolute Gasteiger partial charge is 0.301 e. The standard InChI is InChI=1S/C28H33N5O4S/c1-19-16-26(34)33(18-20-14-15-32(17-20)28(35)24-8-9-24)27(29-19)23-6-4-21(5-7-23)22-10-12-25(13-11-22)30-38(36,37)31(2)3/h4-7,10-13,16,20,24,30H,8-9,14-15,17-18H2,1-3H3/t20-/m1/s1. The first kappa shape index (κ1) is 26.1. The van der Waals surface area contributed by atoms with Crippen LogP contribution in [0, 0.1) is 18.8 Å². The van der Waals surface area contributed by atoms with E-state index in [2.05, 4.69) is 4.72 Å². The van der Waals surface area contributed by atoms with Crippen molar-refractivity contribution in [2.45, 2.75) is 32.7 Å². The molecule has 200 valence electrons. The van der Waals surface area contributed by atoms with Crippen LogP contribution in [0.3, 0.4) is 0 Å². The molecular weight excluding hydrogens is 502 g/mol. The average molecular weight is 536 g/mol. The highest BCUT2D eigenvalue weighted by Gasteiger charge is 2.36. The second-order valence-electron chi connectivity index (χ2n) is 10.4. The molecule has 1 aromatic heterocycles. The third-order valence-electron chi connectivity index (χ3n) is 7.19. The van der Waals surface area contributed by atoms with Crippen molar-refractivity contribution in [1.29, 1.82) is 0 Å². The van der Waals surface area contributed by atoms with Gasteiger partial charge in [0.1, 0.15) is 5.82 Å². The highest BCUT2D eigenvalue weighted by molar-refractivity contribution is 7.90. The van der Waals surface area contributed by atoms with Crippen LogP contribution >= 0.6 is 0 Å². The molecule has 9 nitrogen and oxygen atoms in total. The minimum Gasteiger partial charge on any atom is -0.342 e. The quantitative estimate of drug-likeness (QED) is 0.476. The number of hydrogen-bond donors (Lipinski definition) is 1. The number of aryl methyl sites for hydroxylation is 1. The van der Waals surface area contributed by atoms with Crippen LogP contribution in [-0.4, -0.2) is 60.3 Å². The Morgan fingerprint density at radius 1 is 1.00 bits per heavy atom. The number of benzene rings is 2. The number of carbonyl (C=O) groups is 1. The molecule has 1 saturated carbocycles. The molecule has 38 heavy (non-hydrogen) atoms. The molecule has 0 unspecified atom stereocenters. The van der Waals surface area contributed by atoms with E-state index in [4.69, 9.17) is 4.98 Å². The molecule has 1 amide bonds. The van der Waals surface area contributed by atoms with E-state index in [-0.39, 0.29) is 23.3 Å². The van der Waals surface area contributed by atoms with E-state index in [1.165, 1.54) is 14.1 Å². The molecule has 1 aliphatic carbocycles. The van der Waals surface area contributed by atoms with Crippen molar-refractivity contribution in [2.24, 2.45) is 11.8 Å². The summed E-state index contributed by atoms with van der Waals surface area (Å²) in [6, 6.07) is 16.6. The summed E-state index contributed by atoms with van der Waals surface area (Å²) in [6.07, 6.45) is 2.89. The van der Waals surface area contributed by atoms with Crippen LogP contribution in [-0.2, 0) is 21.5 Å². The van der Waals surface area contributed by atoms with E-state index in [0.717, 1.165) is 46.8 Å². The summed E-state index contributed by atoms with van der Waals surface area (Å²) < 4.78 is 29.5. The highest BCUT2D eigenvalue weighted by Crippen LogP contribution is 2.33. The number of likely N-dealkylation sites (tertiary alicyclic amines) is 1. The fourth-order valence-corrected chi connectivity index (χ4v) is 5.45. The summed E-state index contributed by atoms with van der Waals surface area (Å²) in [5.41, 5.74) is 3.80. The van der Waals surface area contributed by atoms with Crippen LogP contribution in [0.25, 0.3) is 22.5 Å². The molecule has 1 atom stereocenters.